The van der Waals surface area contributed by atoms with Gasteiger partial charge in [0.1, 0.15) is 5.69 Å². The molecule has 2 aromatic rings. The van der Waals surface area contributed by atoms with Crippen LogP contribution in [-0.2, 0) is 11.2 Å². The Labute approximate surface area is 117 Å². The molecule has 1 aromatic heterocycles. The van der Waals surface area contributed by atoms with Crippen LogP contribution in [0.2, 0.25) is 0 Å². The topological polar surface area (TPSA) is 58.4 Å². The van der Waals surface area contributed by atoms with Crippen LogP contribution in [0.25, 0.3) is 11.0 Å². The van der Waals surface area contributed by atoms with E-state index in [0.717, 1.165) is 36.2 Å². The molecule has 1 amide bonds. The quantitative estimate of drug-likeness (QED) is 0.919. The lowest BCUT2D eigenvalue weighted by atomic mass is 10.1. The molecule has 0 radical (unpaired) electrons. The molecule has 1 atom stereocenters. The average molecular weight is 273 g/mol. The number of hydrogen-bond acceptors (Lipinski definition) is 4. The minimum Gasteiger partial charge on any atom is -0.356 e. The van der Waals surface area contributed by atoms with Gasteiger partial charge in [0.2, 0.25) is 5.91 Å². The van der Waals surface area contributed by atoms with E-state index in [0.29, 0.717) is 12.5 Å². The van der Waals surface area contributed by atoms with Gasteiger partial charge < -0.3 is 14.7 Å². The zero-order chi connectivity index (χ0) is 13.9. The Balaban J connectivity index is 1.65. The molecule has 0 aliphatic carbocycles. The highest BCUT2D eigenvalue weighted by molar-refractivity contribution is 5.86. The first kappa shape index (κ1) is 13.1. The van der Waals surface area contributed by atoms with Crippen LogP contribution in [0.4, 0.5) is 0 Å². The third-order valence-electron chi connectivity index (χ3n) is 3.85. The van der Waals surface area contributed by atoms with Crippen LogP contribution in [0.5, 0.6) is 0 Å². The number of likely N-dealkylation sites (N-methyl/N-ethyl adjacent to an activating group) is 1. The normalized spacial score (nSPS) is 18.6. The van der Waals surface area contributed by atoms with Gasteiger partial charge in [-0.3, -0.25) is 4.79 Å². The molecule has 2 heterocycles. The number of nitrogens with one attached hydrogen (secondary N) is 1. The third kappa shape index (κ3) is 2.67. The Morgan fingerprint density at radius 3 is 3.15 bits per heavy atom. The minimum absolute atomic E-state index is 0.0813. The van der Waals surface area contributed by atoms with Crippen LogP contribution in [0, 0.1) is 0 Å². The molecule has 0 saturated carbocycles. The van der Waals surface area contributed by atoms with Crippen molar-refractivity contribution in [3.05, 3.63) is 30.0 Å². The van der Waals surface area contributed by atoms with Crippen LogP contribution in [0.1, 0.15) is 18.5 Å². The molecule has 5 heteroatoms. The molecule has 20 heavy (non-hydrogen) atoms. The highest BCUT2D eigenvalue weighted by atomic mass is 16.5. The lowest BCUT2D eigenvalue weighted by Gasteiger charge is -2.21. The molecule has 1 saturated heterocycles. The van der Waals surface area contributed by atoms with Crippen molar-refractivity contribution in [2.24, 2.45) is 0 Å². The third-order valence-corrected chi connectivity index (χ3v) is 3.85. The molecule has 106 valence electrons. The maximum absolute atomic E-state index is 12.3. The number of aromatic nitrogens is 1. The largest absolute Gasteiger partial charge is 0.356 e. The number of fused-ring (bicyclic) bond motifs is 1. The van der Waals surface area contributed by atoms with E-state index in [-0.39, 0.29) is 5.91 Å². The summed E-state index contributed by atoms with van der Waals surface area (Å²) in [4.78, 5) is 14.0. The molecule has 1 N–H and O–H groups in total. The summed E-state index contributed by atoms with van der Waals surface area (Å²) in [5.74, 6) is 0.0813. The Morgan fingerprint density at radius 2 is 2.35 bits per heavy atom. The van der Waals surface area contributed by atoms with Gasteiger partial charge in [-0.15, -0.1) is 0 Å². The number of amides is 1. The smallest absolute Gasteiger partial charge is 0.228 e. The van der Waals surface area contributed by atoms with Gasteiger partial charge >= 0.3 is 0 Å². The van der Waals surface area contributed by atoms with Gasteiger partial charge in [0.15, 0.2) is 5.58 Å². The van der Waals surface area contributed by atoms with E-state index < -0.39 is 0 Å². The standard InChI is InChI=1S/C15H19N3O2/c1-18(10-11-5-4-8-16-11)15(19)9-13-12-6-2-3-7-14(12)20-17-13/h2-3,6-7,11,16H,4-5,8-10H2,1H3. The summed E-state index contributed by atoms with van der Waals surface area (Å²) in [7, 11) is 1.85. The Hall–Kier alpha value is -1.88. The van der Waals surface area contributed by atoms with Crippen molar-refractivity contribution < 1.29 is 9.32 Å². The first-order chi connectivity index (χ1) is 9.74. The lowest BCUT2D eigenvalue weighted by Crippen LogP contribution is -2.39. The first-order valence-electron chi connectivity index (χ1n) is 7.04. The number of carbonyl (C=O) groups is 1. The van der Waals surface area contributed by atoms with Crippen LogP contribution < -0.4 is 5.32 Å². The van der Waals surface area contributed by atoms with Gasteiger partial charge in [-0.25, -0.2) is 0 Å². The molecule has 0 spiro atoms. The van der Waals surface area contributed by atoms with Gasteiger partial charge in [-0.05, 0) is 31.5 Å². The molecule has 0 bridgehead atoms. The maximum Gasteiger partial charge on any atom is 0.228 e. The summed E-state index contributed by atoms with van der Waals surface area (Å²) in [6, 6.07) is 8.06. The molecular weight excluding hydrogens is 254 g/mol. The Morgan fingerprint density at radius 1 is 1.50 bits per heavy atom. The molecule has 1 unspecified atom stereocenters. The second-order valence-corrected chi connectivity index (χ2v) is 5.37. The predicted octanol–water partition coefficient (Wildman–Crippen LogP) is 1.58. The average Bonchev–Trinajstić information content (AvgIpc) is 3.09. The molecule has 5 nitrogen and oxygen atoms in total. The fourth-order valence-corrected chi connectivity index (χ4v) is 2.69. The molecule has 1 fully saturated rings. The van der Waals surface area contributed by atoms with Crippen molar-refractivity contribution in [3.63, 3.8) is 0 Å². The van der Waals surface area contributed by atoms with E-state index >= 15 is 0 Å². The first-order valence-corrected chi connectivity index (χ1v) is 7.04. The van der Waals surface area contributed by atoms with Crippen molar-refractivity contribution in [2.45, 2.75) is 25.3 Å². The van der Waals surface area contributed by atoms with E-state index in [1.807, 2.05) is 31.3 Å². The Bertz CT molecular complexity index is 602. The number of benzene rings is 1. The van der Waals surface area contributed by atoms with Crippen LogP contribution >= 0.6 is 0 Å². The summed E-state index contributed by atoms with van der Waals surface area (Å²) in [5, 5.41) is 8.34. The highest BCUT2D eigenvalue weighted by Crippen LogP contribution is 2.18. The van der Waals surface area contributed by atoms with E-state index in [4.69, 9.17) is 4.52 Å². The second-order valence-electron chi connectivity index (χ2n) is 5.37. The van der Waals surface area contributed by atoms with Gasteiger partial charge in [0, 0.05) is 25.0 Å². The molecule has 1 aromatic carbocycles. The fraction of sp³-hybridized carbons (Fsp3) is 0.467. The van der Waals surface area contributed by atoms with E-state index in [1.165, 1.54) is 6.42 Å². The fourth-order valence-electron chi connectivity index (χ4n) is 2.69. The maximum atomic E-state index is 12.3. The number of nitrogens with zero attached hydrogens (tertiary/aromatic N) is 2. The molecule has 1 aliphatic heterocycles. The highest BCUT2D eigenvalue weighted by Gasteiger charge is 2.20. The van der Waals surface area contributed by atoms with Gasteiger partial charge in [0.25, 0.3) is 0 Å². The van der Waals surface area contributed by atoms with Crippen molar-refractivity contribution >= 4 is 16.9 Å². The summed E-state index contributed by atoms with van der Waals surface area (Å²) in [5.41, 5.74) is 1.45. The van der Waals surface area contributed by atoms with Crippen molar-refractivity contribution in [1.82, 2.24) is 15.4 Å². The van der Waals surface area contributed by atoms with E-state index in [9.17, 15) is 4.79 Å². The van der Waals surface area contributed by atoms with Crippen LogP contribution in [0.3, 0.4) is 0 Å². The van der Waals surface area contributed by atoms with Crippen molar-refractivity contribution in [1.29, 1.82) is 0 Å². The predicted molar refractivity (Wildman–Crippen MR) is 76.4 cm³/mol. The molecular formula is C15H19N3O2. The van der Waals surface area contributed by atoms with Crippen molar-refractivity contribution in [2.75, 3.05) is 20.1 Å². The summed E-state index contributed by atoms with van der Waals surface area (Å²) in [6.07, 6.45) is 2.63. The zero-order valence-electron chi connectivity index (χ0n) is 11.6. The van der Waals surface area contributed by atoms with Crippen LogP contribution in [0.15, 0.2) is 28.8 Å². The summed E-state index contributed by atoms with van der Waals surface area (Å²) < 4.78 is 5.23. The number of para-hydroxylation sites is 1. The van der Waals surface area contributed by atoms with Gasteiger partial charge in [0.05, 0.1) is 6.42 Å². The minimum atomic E-state index is 0.0813. The second kappa shape index (κ2) is 5.63. The molecule has 1 aliphatic rings. The zero-order valence-corrected chi connectivity index (χ0v) is 11.6. The lowest BCUT2D eigenvalue weighted by molar-refractivity contribution is -0.129. The van der Waals surface area contributed by atoms with Gasteiger partial charge in [-0.1, -0.05) is 17.3 Å². The van der Waals surface area contributed by atoms with E-state index in [2.05, 4.69) is 10.5 Å². The van der Waals surface area contributed by atoms with Gasteiger partial charge in [-0.2, -0.15) is 0 Å². The number of hydrogen-bond donors (Lipinski definition) is 1. The summed E-state index contributed by atoms with van der Waals surface area (Å²) >= 11 is 0. The SMILES string of the molecule is CN(CC1CCCN1)C(=O)Cc1noc2ccccc12. The number of rotatable bonds is 4. The summed E-state index contributed by atoms with van der Waals surface area (Å²) in [6.45, 7) is 1.81. The Kier molecular flexibility index (Phi) is 3.69. The van der Waals surface area contributed by atoms with Crippen molar-refractivity contribution in [3.8, 4) is 0 Å². The number of carbonyl (C=O) groups excluding carboxylic acids is 1. The van der Waals surface area contributed by atoms with Crippen LogP contribution in [-0.4, -0.2) is 42.1 Å². The van der Waals surface area contributed by atoms with E-state index in [1.54, 1.807) is 4.90 Å². The monoisotopic (exact) mass is 273 g/mol. The molecule has 3 rings (SSSR count).